The second-order valence-corrected chi connectivity index (χ2v) is 18.7. The van der Waals surface area contributed by atoms with Gasteiger partial charge in [-0.1, -0.05) is 50.0 Å². The molecule has 1 rings (SSSR count). The molecule has 2 unspecified atom stereocenters. The number of hydrogen-bond acceptors (Lipinski definition) is 9. The highest BCUT2D eigenvalue weighted by atomic mass is 28.3. The van der Waals surface area contributed by atoms with Crippen molar-refractivity contribution in [3.05, 3.63) is 35.9 Å². The van der Waals surface area contributed by atoms with Gasteiger partial charge >= 0.3 is 24.1 Å². The number of alkyl carbamates (subject to hydrolysis) is 1. The molecule has 3 amide bonds. The molecule has 2 atom stereocenters. The molecule has 0 saturated carbocycles. The van der Waals surface area contributed by atoms with Crippen LogP contribution in [0.15, 0.2) is 30.3 Å². The van der Waals surface area contributed by atoms with Crippen LogP contribution in [0.1, 0.15) is 53.5 Å². The minimum Gasteiger partial charge on any atom is -0.464 e. The number of rotatable bonds is 13. The predicted molar refractivity (Wildman–Crippen MR) is 159 cm³/mol. The molecule has 0 bridgehead atoms. The van der Waals surface area contributed by atoms with Crippen LogP contribution in [0.3, 0.4) is 0 Å². The van der Waals surface area contributed by atoms with Crippen LogP contribution in [-0.4, -0.2) is 79.4 Å². The first kappa shape index (κ1) is 36.4. The van der Waals surface area contributed by atoms with Crippen LogP contribution < -0.4 is 11.1 Å². The molecular formula is C29H47N3O9Si. The molecule has 0 fully saturated rings. The quantitative estimate of drug-likeness (QED) is 0.191. The zero-order valence-corrected chi connectivity index (χ0v) is 27.3. The molecular weight excluding hydrogens is 562 g/mol. The number of nitrogens with zero attached hydrogens (tertiary/aromatic N) is 1. The Hall–Kier alpha value is -3.61. The van der Waals surface area contributed by atoms with Gasteiger partial charge in [-0.25, -0.2) is 19.2 Å². The highest BCUT2D eigenvalue weighted by Crippen LogP contribution is 2.19. The zero-order chi connectivity index (χ0) is 32.3. The number of carbonyl (C=O) groups excluding carboxylic acids is 5. The summed E-state index contributed by atoms with van der Waals surface area (Å²) in [6.07, 6.45) is -2.61. The van der Waals surface area contributed by atoms with E-state index in [1.165, 1.54) is 0 Å². The van der Waals surface area contributed by atoms with E-state index in [1.54, 1.807) is 65.8 Å². The predicted octanol–water partition coefficient (Wildman–Crippen LogP) is 3.99. The number of primary amides is 1. The van der Waals surface area contributed by atoms with E-state index >= 15 is 0 Å². The van der Waals surface area contributed by atoms with Gasteiger partial charge in [-0.2, -0.15) is 0 Å². The van der Waals surface area contributed by atoms with E-state index in [0.29, 0.717) is 11.6 Å². The van der Waals surface area contributed by atoms with Crippen LogP contribution in [0.25, 0.3) is 0 Å². The maximum absolute atomic E-state index is 13.4. The van der Waals surface area contributed by atoms with E-state index in [4.69, 9.17) is 24.7 Å². The van der Waals surface area contributed by atoms with Gasteiger partial charge in [-0.3, -0.25) is 9.69 Å². The molecule has 0 heterocycles. The van der Waals surface area contributed by atoms with Crippen LogP contribution in [0.4, 0.5) is 9.59 Å². The third-order valence-electron chi connectivity index (χ3n) is 5.34. The van der Waals surface area contributed by atoms with Gasteiger partial charge in [-0.15, -0.1) is 0 Å². The van der Waals surface area contributed by atoms with Crippen LogP contribution in [0.5, 0.6) is 0 Å². The Bertz CT molecular complexity index is 1080. The minimum atomic E-state index is -1.58. The van der Waals surface area contributed by atoms with Gasteiger partial charge in [0.25, 0.3) is 0 Å². The lowest BCUT2D eigenvalue weighted by Crippen LogP contribution is -2.57. The fraction of sp³-hybridized carbons (Fsp3) is 0.621. The molecule has 3 N–H and O–H groups in total. The van der Waals surface area contributed by atoms with Crippen molar-refractivity contribution in [2.45, 2.75) is 104 Å². The van der Waals surface area contributed by atoms with Crippen molar-refractivity contribution in [3.8, 4) is 0 Å². The van der Waals surface area contributed by atoms with Gasteiger partial charge in [-0.05, 0) is 53.1 Å². The van der Waals surface area contributed by atoms with Gasteiger partial charge in [0.1, 0.15) is 29.9 Å². The van der Waals surface area contributed by atoms with Crippen LogP contribution in [0.2, 0.25) is 25.7 Å². The van der Waals surface area contributed by atoms with Crippen molar-refractivity contribution in [3.63, 3.8) is 0 Å². The summed E-state index contributed by atoms with van der Waals surface area (Å²) in [5.41, 5.74) is 4.17. The maximum atomic E-state index is 13.4. The molecule has 0 spiro atoms. The minimum absolute atomic E-state index is 0.0813. The molecule has 0 aliphatic carbocycles. The highest BCUT2D eigenvalue weighted by molar-refractivity contribution is 6.76. The van der Waals surface area contributed by atoms with Crippen molar-refractivity contribution in [1.29, 1.82) is 0 Å². The lowest BCUT2D eigenvalue weighted by Gasteiger charge is -2.35. The third kappa shape index (κ3) is 15.4. The molecule has 0 aliphatic heterocycles. The van der Waals surface area contributed by atoms with Crippen molar-refractivity contribution < 1.29 is 42.9 Å². The second-order valence-electron chi connectivity index (χ2n) is 13.1. The summed E-state index contributed by atoms with van der Waals surface area (Å²) in [5, 5.41) is 2.44. The lowest BCUT2D eigenvalue weighted by atomic mass is 10.1. The van der Waals surface area contributed by atoms with Crippen LogP contribution >= 0.6 is 0 Å². The number of carbonyl (C=O) groups is 5. The molecule has 0 radical (unpaired) electrons. The number of nitrogens with one attached hydrogen (secondary N) is 1. The van der Waals surface area contributed by atoms with E-state index in [-0.39, 0.29) is 13.2 Å². The van der Waals surface area contributed by atoms with E-state index in [0.717, 1.165) is 4.90 Å². The molecule has 0 aromatic heterocycles. The smallest absolute Gasteiger partial charge is 0.411 e. The van der Waals surface area contributed by atoms with E-state index < -0.39 is 74.4 Å². The fourth-order valence-electron chi connectivity index (χ4n) is 3.37. The average molecular weight is 610 g/mol. The van der Waals surface area contributed by atoms with Gasteiger partial charge in [0.05, 0.1) is 19.6 Å². The van der Waals surface area contributed by atoms with Crippen LogP contribution in [0, 0.1) is 0 Å². The highest BCUT2D eigenvalue weighted by Gasteiger charge is 2.40. The summed E-state index contributed by atoms with van der Waals surface area (Å²) in [5.74, 6) is -2.70. The van der Waals surface area contributed by atoms with E-state index in [1.807, 2.05) is 6.07 Å². The van der Waals surface area contributed by atoms with Crippen molar-refractivity contribution in [1.82, 2.24) is 10.2 Å². The molecule has 0 saturated heterocycles. The molecule has 0 aliphatic rings. The maximum Gasteiger partial charge on any atom is 0.411 e. The van der Waals surface area contributed by atoms with Crippen molar-refractivity contribution in [2.24, 2.45) is 5.73 Å². The largest absolute Gasteiger partial charge is 0.464 e. The van der Waals surface area contributed by atoms with Gasteiger partial charge in [0.2, 0.25) is 5.91 Å². The Kier molecular flexibility index (Phi) is 13.5. The molecule has 236 valence electrons. The first-order valence-corrected chi connectivity index (χ1v) is 17.5. The standard InChI is InChI=1S/C29H47N3O9Si/c1-28(2,3)40-25(35)22(17-23(30)33)32(27(37)41-29(4,5)6)18-21(24(34)38-15-16-42(7,8)9)31-26(36)39-19-20-13-11-10-12-14-20/h10-14,21-22H,15-19H2,1-9H3,(H2,30,33)(H,31,36). The number of ether oxygens (including phenoxy) is 4. The Balaban J connectivity index is 3.39. The van der Waals surface area contributed by atoms with Crippen molar-refractivity contribution in [2.75, 3.05) is 13.2 Å². The normalized spacial score (nSPS) is 13.3. The van der Waals surface area contributed by atoms with Crippen molar-refractivity contribution >= 4 is 38.1 Å². The fourth-order valence-corrected chi connectivity index (χ4v) is 4.09. The number of hydrogen-bond donors (Lipinski definition) is 2. The van der Waals surface area contributed by atoms with Crippen LogP contribution in [-0.2, 0) is 39.9 Å². The first-order chi connectivity index (χ1) is 19.2. The number of esters is 2. The summed E-state index contributed by atoms with van der Waals surface area (Å²) < 4.78 is 21.7. The summed E-state index contributed by atoms with van der Waals surface area (Å²) in [6, 6.07) is 6.50. The second kappa shape index (κ2) is 15.6. The Morgan fingerprint density at radius 2 is 1.45 bits per heavy atom. The summed E-state index contributed by atoms with van der Waals surface area (Å²) in [4.78, 5) is 65.5. The molecule has 1 aromatic rings. The number of amides is 3. The number of benzene rings is 1. The van der Waals surface area contributed by atoms with E-state index in [9.17, 15) is 24.0 Å². The monoisotopic (exact) mass is 609 g/mol. The lowest BCUT2D eigenvalue weighted by molar-refractivity contribution is -0.163. The summed E-state index contributed by atoms with van der Waals surface area (Å²) >= 11 is 0. The topological polar surface area (TPSA) is 164 Å². The molecule has 42 heavy (non-hydrogen) atoms. The SMILES string of the molecule is CC(C)(C)OC(=O)C(CC(N)=O)N(CC(NC(=O)OCc1ccccc1)C(=O)OCC[Si](C)(C)C)C(=O)OC(C)(C)C. The van der Waals surface area contributed by atoms with E-state index in [2.05, 4.69) is 25.0 Å². The molecule has 1 aromatic carbocycles. The first-order valence-electron chi connectivity index (χ1n) is 13.8. The summed E-state index contributed by atoms with van der Waals surface area (Å²) in [7, 11) is -1.58. The molecule has 12 nitrogen and oxygen atoms in total. The Labute approximate surface area is 249 Å². The number of nitrogens with two attached hydrogens (primary N) is 1. The average Bonchev–Trinajstić information content (AvgIpc) is 2.81. The van der Waals surface area contributed by atoms with Gasteiger partial charge in [0, 0.05) is 8.07 Å². The zero-order valence-electron chi connectivity index (χ0n) is 26.3. The Morgan fingerprint density at radius 1 is 0.881 bits per heavy atom. The van der Waals surface area contributed by atoms with Gasteiger partial charge < -0.3 is 30.0 Å². The molecule has 13 heteroatoms. The Morgan fingerprint density at radius 3 is 1.95 bits per heavy atom. The van der Waals surface area contributed by atoms with Gasteiger partial charge in [0.15, 0.2) is 0 Å². The summed E-state index contributed by atoms with van der Waals surface area (Å²) in [6.45, 7) is 15.4. The third-order valence-corrected chi connectivity index (χ3v) is 7.05.